The van der Waals surface area contributed by atoms with E-state index in [1.807, 2.05) is 0 Å². The molecule has 0 aromatic carbocycles. The molecule has 10 heavy (non-hydrogen) atoms. The molecule has 2 heteroatoms. The van der Waals surface area contributed by atoms with E-state index < -0.39 is 0 Å². The molecule has 3 N–H and O–H groups in total. The maximum absolute atomic E-state index is 8.17. The average molecular weight is 133 g/mol. The van der Waals surface area contributed by atoms with Gasteiger partial charge in [0.2, 0.25) is 0 Å². The molecule has 0 aromatic heterocycles. The van der Waals surface area contributed by atoms with Crippen LogP contribution < -0.4 is 5.73 Å². The van der Waals surface area contributed by atoms with Gasteiger partial charge in [0.1, 0.15) is 6.61 Å². The Labute approximate surface area is 60.4 Å². The highest BCUT2D eigenvalue weighted by Gasteiger charge is 1.57. The van der Waals surface area contributed by atoms with Crippen LogP contribution in [0, 0.1) is 35.5 Å². The van der Waals surface area contributed by atoms with Gasteiger partial charge in [-0.2, -0.15) is 0 Å². The Morgan fingerprint density at radius 3 is 2.10 bits per heavy atom. The minimum absolute atomic E-state index is 0.168. The van der Waals surface area contributed by atoms with Crippen LogP contribution in [0.1, 0.15) is 0 Å². The molecular formula is C8H7NO. The first-order valence-electron chi connectivity index (χ1n) is 2.68. The zero-order valence-corrected chi connectivity index (χ0v) is 5.44. The van der Waals surface area contributed by atoms with Crippen molar-refractivity contribution in [2.45, 2.75) is 0 Å². The molecule has 0 radical (unpaired) electrons. The summed E-state index contributed by atoms with van der Waals surface area (Å²) in [7, 11) is 0. The number of hydrogen-bond acceptors (Lipinski definition) is 2. The molecule has 0 aliphatic rings. The number of aliphatic hydroxyl groups is 1. The Morgan fingerprint density at radius 2 is 1.60 bits per heavy atom. The van der Waals surface area contributed by atoms with Gasteiger partial charge in [0, 0.05) is 0 Å². The van der Waals surface area contributed by atoms with E-state index in [9.17, 15) is 0 Å². The van der Waals surface area contributed by atoms with E-state index in [4.69, 9.17) is 10.8 Å². The highest BCUT2D eigenvalue weighted by Crippen LogP contribution is 1.53. The fourth-order valence-corrected chi connectivity index (χ4v) is 0.241. The molecule has 0 rings (SSSR count). The molecule has 0 aliphatic carbocycles. The van der Waals surface area contributed by atoms with Gasteiger partial charge in [-0.25, -0.2) is 0 Å². The van der Waals surface area contributed by atoms with Crippen molar-refractivity contribution >= 4 is 0 Å². The van der Waals surface area contributed by atoms with Gasteiger partial charge in [-0.3, -0.25) is 0 Å². The average Bonchev–Trinajstić information content (AvgIpc) is 1.97. The minimum Gasteiger partial charge on any atom is -0.384 e. The summed E-state index contributed by atoms with van der Waals surface area (Å²) in [5.41, 5.74) is 5.05. The quantitative estimate of drug-likeness (QED) is 0.414. The largest absolute Gasteiger partial charge is 0.384 e. The van der Waals surface area contributed by atoms with E-state index in [1.165, 1.54) is 0 Å². The van der Waals surface area contributed by atoms with Crippen LogP contribution in [0.4, 0.5) is 0 Å². The van der Waals surface area contributed by atoms with Crippen LogP contribution in [0.25, 0.3) is 0 Å². The second-order valence-corrected chi connectivity index (χ2v) is 1.22. The van der Waals surface area contributed by atoms with Gasteiger partial charge in [0.05, 0.1) is 6.54 Å². The third-order valence-electron chi connectivity index (χ3n) is 0.545. The maximum Gasteiger partial charge on any atom is 0.105 e. The molecule has 0 amide bonds. The van der Waals surface area contributed by atoms with Gasteiger partial charge < -0.3 is 10.8 Å². The van der Waals surface area contributed by atoms with E-state index in [0.29, 0.717) is 6.54 Å². The molecule has 0 spiro atoms. The molecule has 0 saturated heterocycles. The highest BCUT2D eigenvalue weighted by atomic mass is 16.2. The number of aliphatic hydroxyl groups excluding tert-OH is 1. The summed E-state index contributed by atoms with van der Waals surface area (Å²) in [4.78, 5) is 0. The van der Waals surface area contributed by atoms with Crippen molar-refractivity contribution in [2.24, 2.45) is 5.73 Å². The molecule has 0 unspecified atom stereocenters. The lowest BCUT2D eigenvalue weighted by Gasteiger charge is -1.63. The Hall–Kier alpha value is -1.40. The van der Waals surface area contributed by atoms with Crippen molar-refractivity contribution in [2.75, 3.05) is 13.2 Å². The predicted octanol–water partition coefficient (Wildman–Crippen LogP) is -1.05. The topological polar surface area (TPSA) is 46.2 Å². The van der Waals surface area contributed by atoms with Gasteiger partial charge in [0.25, 0.3) is 0 Å². The molecular weight excluding hydrogens is 126 g/mol. The second-order valence-electron chi connectivity index (χ2n) is 1.22. The second kappa shape index (κ2) is 7.60. The molecule has 0 saturated carbocycles. The summed E-state index contributed by atoms with van der Waals surface area (Å²) in [6.45, 7) is 0.140. The first-order chi connectivity index (χ1) is 4.91. The fraction of sp³-hybridized carbons (Fsp3) is 0.250. The summed E-state index contributed by atoms with van der Waals surface area (Å²) in [6, 6.07) is 0. The van der Waals surface area contributed by atoms with Crippen molar-refractivity contribution in [1.82, 2.24) is 0 Å². The first-order valence-corrected chi connectivity index (χ1v) is 2.68. The summed E-state index contributed by atoms with van der Waals surface area (Å²) in [5.74, 6) is 14.6. The van der Waals surface area contributed by atoms with Gasteiger partial charge in [-0.15, -0.1) is 0 Å². The van der Waals surface area contributed by atoms with E-state index in [2.05, 4.69) is 35.5 Å². The molecule has 0 atom stereocenters. The van der Waals surface area contributed by atoms with Crippen molar-refractivity contribution in [3.8, 4) is 35.5 Å². The fourth-order valence-electron chi connectivity index (χ4n) is 0.241. The van der Waals surface area contributed by atoms with Gasteiger partial charge in [-0.05, 0) is 23.7 Å². The lowest BCUT2D eigenvalue weighted by atomic mass is 10.5. The van der Waals surface area contributed by atoms with Crippen LogP contribution in [0.15, 0.2) is 0 Å². The normalized spacial score (nSPS) is 5.40. The molecule has 0 aromatic rings. The van der Waals surface area contributed by atoms with Gasteiger partial charge >= 0.3 is 0 Å². The summed E-state index contributed by atoms with van der Waals surface area (Å²) < 4.78 is 0. The number of nitrogens with two attached hydrogens (primary N) is 1. The highest BCUT2D eigenvalue weighted by molar-refractivity contribution is 5.35. The molecule has 0 heterocycles. The van der Waals surface area contributed by atoms with Crippen molar-refractivity contribution in [3.63, 3.8) is 0 Å². The monoisotopic (exact) mass is 133 g/mol. The maximum atomic E-state index is 8.17. The molecule has 0 aliphatic heterocycles. The van der Waals surface area contributed by atoms with E-state index in [-0.39, 0.29) is 6.61 Å². The third kappa shape index (κ3) is 6.60. The molecule has 0 bridgehead atoms. The van der Waals surface area contributed by atoms with Crippen molar-refractivity contribution in [1.29, 1.82) is 0 Å². The third-order valence-corrected chi connectivity index (χ3v) is 0.545. The van der Waals surface area contributed by atoms with E-state index >= 15 is 0 Å². The zero-order chi connectivity index (χ0) is 7.66. The van der Waals surface area contributed by atoms with Gasteiger partial charge in [-0.1, -0.05) is 11.8 Å². The Morgan fingerprint density at radius 1 is 1.00 bits per heavy atom. The standard InChI is InChI=1S/C8H7NO/c9-7-5-3-1-2-4-6-8-10/h10H,7-9H2. The minimum atomic E-state index is -0.168. The van der Waals surface area contributed by atoms with Crippen LogP contribution in [0.5, 0.6) is 0 Å². The van der Waals surface area contributed by atoms with Gasteiger partial charge in [0.15, 0.2) is 0 Å². The Kier molecular flexibility index (Phi) is 6.54. The lowest BCUT2D eigenvalue weighted by Crippen LogP contribution is -1.92. The molecule has 50 valence electrons. The number of hydrogen-bond donors (Lipinski definition) is 2. The molecule has 0 fully saturated rings. The SMILES string of the molecule is NCC#CC#CC#CCO. The smallest absolute Gasteiger partial charge is 0.105 e. The summed E-state index contributed by atoms with van der Waals surface area (Å²) >= 11 is 0. The van der Waals surface area contributed by atoms with Crippen LogP contribution in [0.3, 0.4) is 0 Å². The van der Waals surface area contributed by atoms with Crippen LogP contribution in [-0.4, -0.2) is 18.3 Å². The van der Waals surface area contributed by atoms with Crippen molar-refractivity contribution < 1.29 is 5.11 Å². The molecule has 2 nitrogen and oxygen atoms in total. The Bertz CT molecular complexity index is 222. The Balaban J connectivity index is 3.70. The van der Waals surface area contributed by atoms with Crippen LogP contribution in [0.2, 0.25) is 0 Å². The summed E-state index contributed by atoms with van der Waals surface area (Å²) in [5, 5.41) is 8.17. The van der Waals surface area contributed by atoms with Crippen LogP contribution >= 0.6 is 0 Å². The van der Waals surface area contributed by atoms with Crippen molar-refractivity contribution in [3.05, 3.63) is 0 Å². The lowest BCUT2D eigenvalue weighted by molar-refractivity contribution is 0.350. The van der Waals surface area contributed by atoms with E-state index in [1.54, 1.807) is 0 Å². The number of rotatable bonds is 0. The first kappa shape index (κ1) is 8.60. The predicted molar refractivity (Wildman–Crippen MR) is 39.5 cm³/mol. The van der Waals surface area contributed by atoms with Crippen LogP contribution in [-0.2, 0) is 0 Å². The van der Waals surface area contributed by atoms with E-state index in [0.717, 1.165) is 0 Å². The summed E-state index contributed by atoms with van der Waals surface area (Å²) in [6.07, 6.45) is 0. The zero-order valence-electron chi connectivity index (χ0n) is 5.44.